The van der Waals surface area contributed by atoms with E-state index in [9.17, 15) is 4.79 Å². The van der Waals surface area contributed by atoms with Gasteiger partial charge in [0.05, 0.1) is 24.3 Å². The molecule has 4 nitrogen and oxygen atoms in total. The van der Waals surface area contributed by atoms with E-state index >= 15 is 0 Å². The molecule has 0 aromatic heterocycles. The number of carbonyl (C=O) groups excluding carboxylic acids is 1. The number of aldehydes is 1. The van der Waals surface area contributed by atoms with Crippen LogP contribution in [0.2, 0.25) is 0 Å². The van der Waals surface area contributed by atoms with Crippen molar-refractivity contribution in [3.63, 3.8) is 0 Å². The minimum atomic E-state index is 0.139. The first kappa shape index (κ1) is 16.0. The number of ether oxygens (including phenoxy) is 2. The summed E-state index contributed by atoms with van der Waals surface area (Å²) in [6.07, 6.45) is 2.13. The summed E-state index contributed by atoms with van der Waals surface area (Å²) in [5.41, 5.74) is 1.34. The molecule has 1 aromatic carbocycles. The average Bonchev–Trinajstić information content (AvgIpc) is 2.38. The summed E-state index contributed by atoms with van der Waals surface area (Å²) >= 11 is 3.40. The second-order valence-electron chi connectivity index (χ2n) is 4.43. The molecule has 0 fully saturated rings. The maximum Gasteiger partial charge on any atom is 0.153 e. The van der Waals surface area contributed by atoms with Gasteiger partial charge in [-0.3, -0.25) is 4.79 Å². The second-order valence-corrected chi connectivity index (χ2v) is 5.29. The van der Waals surface area contributed by atoms with Crippen LogP contribution in [-0.2, 0) is 6.42 Å². The van der Waals surface area contributed by atoms with Crippen molar-refractivity contribution in [3.05, 3.63) is 21.7 Å². The van der Waals surface area contributed by atoms with Crippen molar-refractivity contribution in [3.8, 4) is 11.5 Å². The Labute approximate surface area is 121 Å². The first-order chi connectivity index (χ1) is 9.08. The number of methoxy groups -OCH3 is 2. The molecule has 0 aliphatic rings. The van der Waals surface area contributed by atoms with Gasteiger partial charge in [0.15, 0.2) is 6.29 Å². The van der Waals surface area contributed by atoms with Gasteiger partial charge in [0, 0.05) is 12.2 Å². The molecule has 0 saturated heterocycles. The molecule has 0 aliphatic carbocycles. The van der Waals surface area contributed by atoms with E-state index in [1.807, 2.05) is 6.92 Å². The molecule has 1 atom stereocenters. The summed E-state index contributed by atoms with van der Waals surface area (Å²) < 4.78 is 11.5. The number of hydrogen-bond acceptors (Lipinski definition) is 4. The molecule has 0 heterocycles. The summed E-state index contributed by atoms with van der Waals surface area (Å²) in [6, 6.07) is 1.69. The Morgan fingerprint density at radius 1 is 1.37 bits per heavy atom. The van der Waals surface area contributed by atoms with Crippen molar-refractivity contribution < 1.29 is 19.4 Å². The van der Waals surface area contributed by atoms with E-state index in [-0.39, 0.29) is 12.5 Å². The number of halogens is 1. The van der Waals surface area contributed by atoms with E-state index in [0.717, 1.165) is 16.3 Å². The Balaban J connectivity index is 3.30. The monoisotopic (exact) mass is 330 g/mol. The van der Waals surface area contributed by atoms with Crippen LogP contribution in [0.5, 0.6) is 11.5 Å². The van der Waals surface area contributed by atoms with E-state index in [4.69, 9.17) is 14.6 Å². The summed E-state index contributed by atoms with van der Waals surface area (Å²) in [7, 11) is 3.12. The maximum atomic E-state index is 11.1. The van der Waals surface area contributed by atoms with Crippen molar-refractivity contribution >= 4 is 22.2 Å². The third kappa shape index (κ3) is 3.70. The van der Waals surface area contributed by atoms with Crippen molar-refractivity contribution in [1.29, 1.82) is 0 Å². The van der Waals surface area contributed by atoms with Gasteiger partial charge in [-0.15, -0.1) is 0 Å². The van der Waals surface area contributed by atoms with Crippen LogP contribution in [0.25, 0.3) is 0 Å². The molecule has 1 rings (SSSR count). The summed E-state index contributed by atoms with van der Waals surface area (Å²) in [5, 5.41) is 9.00. The minimum absolute atomic E-state index is 0.139. The summed E-state index contributed by atoms with van der Waals surface area (Å²) in [6.45, 7) is 2.18. The van der Waals surface area contributed by atoms with Crippen LogP contribution in [0.4, 0.5) is 0 Å². The van der Waals surface area contributed by atoms with Crippen LogP contribution in [0.1, 0.15) is 29.3 Å². The maximum absolute atomic E-state index is 11.1. The Hall–Kier alpha value is -1.07. The highest BCUT2D eigenvalue weighted by Crippen LogP contribution is 2.39. The molecule has 5 heteroatoms. The van der Waals surface area contributed by atoms with Gasteiger partial charge in [-0.1, -0.05) is 6.92 Å². The minimum Gasteiger partial charge on any atom is -0.496 e. The van der Waals surface area contributed by atoms with Gasteiger partial charge < -0.3 is 14.6 Å². The molecule has 106 valence electrons. The molecule has 0 unspecified atom stereocenters. The van der Waals surface area contributed by atoms with E-state index in [2.05, 4.69) is 15.9 Å². The molecule has 1 N–H and O–H groups in total. The smallest absolute Gasteiger partial charge is 0.153 e. The standard InChI is InChI=1S/C14H19BrO4/c1-9(4-5-16)6-11-13(18-2)10(8-17)7-12(15)14(11)19-3/h7-9,16H,4-6H2,1-3H3/t9-/m1/s1. The van der Waals surface area contributed by atoms with Crippen LogP contribution >= 0.6 is 15.9 Å². The highest BCUT2D eigenvalue weighted by atomic mass is 79.9. The van der Waals surface area contributed by atoms with Gasteiger partial charge in [0.2, 0.25) is 0 Å². The average molecular weight is 331 g/mol. The number of aliphatic hydroxyl groups is 1. The fourth-order valence-electron chi connectivity index (χ4n) is 2.09. The number of benzene rings is 1. The molecule has 0 aliphatic heterocycles. The molecule has 0 amide bonds. The van der Waals surface area contributed by atoms with Gasteiger partial charge in [0.25, 0.3) is 0 Å². The van der Waals surface area contributed by atoms with Gasteiger partial charge in [-0.25, -0.2) is 0 Å². The van der Waals surface area contributed by atoms with Crippen molar-refractivity contribution in [2.45, 2.75) is 19.8 Å². The quantitative estimate of drug-likeness (QED) is 0.781. The molecule has 1 aromatic rings. The van der Waals surface area contributed by atoms with Crippen molar-refractivity contribution in [2.24, 2.45) is 5.92 Å². The lowest BCUT2D eigenvalue weighted by molar-refractivity contribution is 0.112. The highest BCUT2D eigenvalue weighted by Gasteiger charge is 2.20. The van der Waals surface area contributed by atoms with Crippen molar-refractivity contribution in [1.82, 2.24) is 0 Å². The van der Waals surface area contributed by atoms with Gasteiger partial charge >= 0.3 is 0 Å². The Kier molecular flexibility index (Phi) is 6.31. The van der Waals surface area contributed by atoms with E-state index in [0.29, 0.717) is 29.9 Å². The normalized spacial score (nSPS) is 12.1. The number of hydrogen-bond donors (Lipinski definition) is 1. The zero-order valence-electron chi connectivity index (χ0n) is 11.4. The lowest BCUT2D eigenvalue weighted by Crippen LogP contribution is -2.07. The Bertz CT molecular complexity index is 446. The molecular weight excluding hydrogens is 312 g/mol. The topological polar surface area (TPSA) is 55.8 Å². The third-order valence-corrected chi connectivity index (χ3v) is 3.61. The zero-order valence-corrected chi connectivity index (χ0v) is 13.0. The number of carbonyl (C=O) groups is 1. The lowest BCUT2D eigenvalue weighted by atomic mass is 9.95. The summed E-state index contributed by atoms with van der Waals surface area (Å²) in [5.74, 6) is 1.48. The first-order valence-electron chi connectivity index (χ1n) is 6.08. The fraction of sp³-hybridized carbons (Fsp3) is 0.500. The van der Waals surface area contributed by atoms with E-state index in [1.54, 1.807) is 13.2 Å². The zero-order chi connectivity index (χ0) is 14.4. The molecule has 19 heavy (non-hydrogen) atoms. The number of aliphatic hydroxyl groups excluding tert-OH is 1. The van der Waals surface area contributed by atoms with E-state index < -0.39 is 0 Å². The van der Waals surface area contributed by atoms with Crippen LogP contribution in [0.15, 0.2) is 10.5 Å². The predicted octanol–water partition coefficient (Wildman–Crippen LogP) is 2.84. The largest absolute Gasteiger partial charge is 0.496 e. The molecule has 0 bridgehead atoms. The Morgan fingerprint density at radius 2 is 2.00 bits per heavy atom. The number of rotatable bonds is 7. The van der Waals surface area contributed by atoms with Gasteiger partial charge in [-0.2, -0.15) is 0 Å². The SMILES string of the molecule is COc1c(Br)cc(C=O)c(OC)c1C[C@H](C)CCO. The van der Waals surface area contributed by atoms with Gasteiger partial charge in [-0.05, 0) is 40.8 Å². The van der Waals surface area contributed by atoms with Crippen LogP contribution < -0.4 is 9.47 Å². The van der Waals surface area contributed by atoms with Gasteiger partial charge in [0.1, 0.15) is 11.5 Å². The second kappa shape index (κ2) is 7.50. The predicted molar refractivity (Wildman–Crippen MR) is 77.2 cm³/mol. The first-order valence-corrected chi connectivity index (χ1v) is 6.87. The van der Waals surface area contributed by atoms with Crippen LogP contribution in [0, 0.1) is 5.92 Å². The van der Waals surface area contributed by atoms with Crippen molar-refractivity contribution in [2.75, 3.05) is 20.8 Å². The fourth-order valence-corrected chi connectivity index (χ4v) is 2.74. The molecule has 0 radical (unpaired) electrons. The summed E-state index contributed by atoms with van der Waals surface area (Å²) in [4.78, 5) is 11.1. The Morgan fingerprint density at radius 3 is 2.47 bits per heavy atom. The molecular formula is C14H19BrO4. The third-order valence-electron chi connectivity index (χ3n) is 3.02. The van der Waals surface area contributed by atoms with Crippen LogP contribution in [0.3, 0.4) is 0 Å². The van der Waals surface area contributed by atoms with E-state index in [1.165, 1.54) is 7.11 Å². The highest BCUT2D eigenvalue weighted by molar-refractivity contribution is 9.10. The van der Waals surface area contributed by atoms with Crippen LogP contribution in [-0.4, -0.2) is 32.2 Å². The molecule has 0 saturated carbocycles. The lowest BCUT2D eigenvalue weighted by Gasteiger charge is -2.19. The molecule has 0 spiro atoms.